The summed E-state index contributed by atoms with van der Waals surface area (Å²) in [6.45, 7) is 5.53. The fraction of sp³-hybridized carbons (Fsp3) is 0.647. The summed E-state index contributed by atoms with van der Waals surface area (Å²) in [4.78, 5) is 0. The van der Waals surface area contributed by atoms with Gasteiger partial charge >= 0.3 is 0 Å². The van der Waals surface area contributed by atoms with Gasteiger partial charge in [-0.2, -0.15) is 0 Å². The van der Waals surface area contributed by atoms with Crippen molar-refractivity contribution >= 4 is 9.04 Å². The van der Waals surface area contributed by atoms with Gasteiger partial charge in [0.15, 0.2) is 9.04 Å². The molecule has 0 bridgehead atoms. The molecule has 0 amide bonds. The predicted octanol–water partition coefficient (Wildman–Crippen LogP) is 4.96. The van der Waals surface area contributed by atoms with E-state index < -0.39 is 9.04 Å². The molecule has 0 heterocycles. The van der Waals surface area contributed by atoms with E-state index in [-0.39, 0.29) is 0 Å². The fourth-order valence-electron chi connectivity index (χ4n) is 2.32. The van der Waals surface area contributed by atoms with Crippen LogP contribution >= 0.6 is 0 Å². The summed E-state index contributed by atoms with van der Waals surface area (Å²) in [5.41, 5.74) is 1.39. The molecule has 0 aliphatic rings. The predicted molar refractivity (Wildman–Crippen MR) is 87.3 cm³/mol. The fourth-order valence-corrected chi connectivity index (χ4v) is 3.87. The number of unbranched alkanes of at least 4 members (excludes halogenated alkanes) is 5. The lowest BCUT2D eigenvalue weighted by atomic mass is 10.1. The van der Waals surface area contributed by atoms with Gasteiger partial charge in [0.25, 0.3) is 0 Å². The minimum Gasteiger partial charge on any atom is -0.420 e. The van der Waals surface area contributed by atoms with Crippen molar-refractivity contribution in [2.24, 2.45) is 0 Å². The Morgan fingerprint density at radius 3 is 2.37 bits per heavy atom. The first-order valence-corrected chi connectivity index (χ1v) is 10.4. The standard InChI is InChI=1S/C17H30OSi/c1-3-4-5-6-7-11-16-19(2)18-15-14-17-12-9-8-10-13-17/h8-10,12-13,19H,3-7,11,14-16H2,1-2H3. The zero-order valence-corrected chi connectivity index (χ0v) is 13.9. The molecule has 1 unspecified atom stereocenters. The Hall–Kier alpha value is -0.603. The van der Waals surface area contributed by atoms with E-state index in [2.05, 4.69) is 43.8 Å². The van der Waals surface area contributed by atoms with Crippen molar-refractivity contribution in [3.8, 4) is 0 Å². The van der Waals surface area contributed by atoms with Gasteiger partial charge in [0.05, 0.1) is 0 Å². The lowest BCUT2D eigenvalue weighted by Gasteiger charge is -2.11. The maximum atomic E-state index is 6.01. The summed E-state index contributed by atoms with van der Waals surface area (Å²) in [6, 6.07) is 12.0. The third-order valence-electron chi connectivity index (χ3n) is 3.60. The Morgan fingerprint density at radius 1 is 0.947 bits per heavy atom. The Bertz CT molecular complexity index is 299. The van der Waals surface area contributed by atoms with Crippen LogP contribution in [-0.2, 0) is 10.8 Å². The van der Waals surface area contributed by atoms with Crippen molar-refractivity contribution in [3.05, 3.63) is 35.9 Å². The number of benzene rings is 1. The Morgan fingerprint density at radius 2 is 1.63 bits per heavy atom. The molecule has 1 aromatic carbocycles. The molecule has 0 spiro atoms. The largest absolute Gasteiger partial charge is 0.420 e. The Kier molecular flexibility index (Phi) is 9.73. The zero-order chi connectivity index (χ0) is 13.8. The molecule has 0 radical (unpaired) electrons. The van der Waals surface area contributed by atoms with E-state index in [0.29, 0.717) is 0 Å². The van der Waals surface area contributed by atoms with Crippen LogP contribution in [0.1, 0.15) is 51.0 Å². The minimum absolute atomic E-state index is 0.902. The second kappa shape index (κ2) is 11.2. The van der Waals surface area contributed by atoms with Crippen LogP contribution in [0, 0.1) is 0 Å². The average Bonchev–Trinajstić information content (AvgIpc) is 2.44. The van der Waals surface area contributed by atoms with Crippen LogP contribution in [0.4, 0.5) is 0 Å². The van der Waals surface area contributed by atoms with Gasteiger partial charge in [-0.1, -0.05) is 75.8 Å². The lowest BCUT2D eigenvalue weighted by Crippen LogP contribution is -2.15. The highest BCUT2D eigenvalue weighted by molar-refractivity contribution is 6.50. The van der Waals surface area contributed by atoms with Crippen molar-refractivity contribution in [2.45, 2.75) is 64.5 Å². The first-order valence-electron chi connectivity index (χ1n) is 7.98. The summed E-state index contributed by atoms with van der Waals surface area (Å²) >= 11 is 0. The van der Waals surface area contributed by atoms with Crippen molar-refractivity contribution in [3.63, 3.8) is 0 Å². The highest BCUT2D eigenvalue weighted by atomic mass is 28.3. The Balaban J connectivity index is 1.94. The van der Waals surface area contributed by atoms with E-state index in [4.69, 9.17) is 4.43 Å². The van der Waals surface area contributed by atoms with Gasteiger partial charge in [-0.3, -0.25) is 0 Å². The van der Waals surface area contributed by atoms with Gasteiger partial charge < -0.3 is 4.43 Å². The molecule has 1 rings (SSSR count). The molecule has 108 valence electrons. The van der Waals surface area contributed by atoms with Crippen LogP contribution in [-0.4, -0.2) is 15.6 Å². The summed E-state index contributed by atoms with van der Waals surface area (Å²) in [7, 11) is -0.902. The highest BCUT2D eigenvalue weighted by Gasteiger charge is 2.04. The van der Waals surface area contributed by atoms with Crippen molar-refractivity contribution in [2.75, 3.05) is 6.61 Å². The van der Waals surface area contributed by atoms with Crippen molar-refractivity contribution in [1.29, 1.82) is 0 Å². The van der Waals surface area contributed by atoms with Crippen LogP contribution in [0.3, 0.4) is 0 Å². The first kappa shape index (κ1) is 16.5. The molecule has 0 N–H and O–H groups in total. The van der Waals surface area contributed by atoms with Gasteiger partial charge in [-0.25, -0.2) is 0 Å². The molecule has 1 atom stereocenters. The lowest BCUT2D eigenvalue weighted by molar-refractivity contribution is 0.325. The topological polar surface area (TPSA) is 9.23 Å². The van der Waals surface area contributed by atoms with Crippen LogP contribution in [0.25, 0.3) is 0 Å². The average molecular weight is 279 g/mol. The highest BCUT2D eigenvalue weighted by Crippen LogP contribution is 2.10. The molecule has 0 aliphatic carbocycles. The van der Waals surface area contributed by atoms with Gasteiger partial charge in [0.2, 0.25) is 0 Å². The van der Waals surface area contributed by atoms with Gasteiger partial charge in [-0.05, 0) is 24.6 Å². The molecule has 0 saturated heterocycles. The third-order valence-corrected chi connectivity index (χ3v) is 5.63. The minimum atomic E-state index is -0.902. The van der Waals surface area contributed by atoms with Gasteiger partial charge in [0, 0.05) is 6.61 Å². The van der Waals surface area contributed by atoms with Crippen LogP contribution in [0.15, 0.2) is 30.3 Å². The zero-order valence-electron chi connectivity index (χ0n) is 12.7. The monoisotopic (exact) mass is 278 g/mol. The molecule has 1 nitrogen and oxygen atoms in total. The summed E-state index contributed by atoms with van der Waals surface area (Å²) in [5.74, 6) is 0. The molecule has 0 aromatic heterocycles. The summed E-state index contributed by atoms with van der Waals surface area (Å²) in [6.07, 6.45) is 9.42. The summed E-state index contributed by atoms with van der Waals surface area (Å²) < 4.78 is 6.01. The van der Waals surface area contributed by atoms with E-state index in [0.717, 1.165) is 13.0 Å². The number of hydrogen-bond donors (Lipinski definition) is 0. The molecule has 0 saturated carbocycles. The normalized spacial score (nSPS) is 12.5. The molecule has 0 fully saturated rings. The van der Waals surface area contributed by atoms with Gasteiger partial charge in [0.1, 0.15) is 0 Å². The first-order chi connectivity index (χ1) is 9.33. The van der Waals surface area contributed by atoms with Crippen LogP contribution < -0.4 is 0 Å². The Labute approximate surface area is 121 Å². The number of rotatable bonds is 11. The maximum absolute atomic E-state index is 6.01. The quantitative estimate of drug-likeness (QED) is 0.410. The smallest absolute Gasteiger partial charge is 0.173 e. The van der Waals surface area contributed by atoms with E-state index in [9.17, 15) is 0 Å². The van der Waals surface area contributed by atoms with Crippen LogP contribution in [0.2, 0.25) is 12.6 Å². The van der Waals surface area contributed by atoms with Crippen LogP contribution in [0.5, 0.6) is 0 Å². The van der Waals surface area contributed by atoms with E-state index in [1.807, 2.05) is 0 Å². The summed E-state index contributed by atoms with van der Waals surface area (Å²) in [5, 5.41) is 0. The van der Waals surface area contributed by atoms with Gasteiger partial charge in [-0.15, -0.1) is 0 Å². The van der Waals surface area contributed by atoms with E-state index in [1.165, 1.54) is 50.1 Å². The SMILES string of the molecule is CCCCCCCC[SiH](C)OCCc1ccccc1. The second-order valence-corrected chi connectivity index (χ2v) is 8.01. The van der Waals surface area contributed by atoms with E-state index in [1.54, 1.807) is 0 Å². The van der Waals surface area contributed by atoms with Crippen molar-refractivity contribution in [1.82, 2.24) is 0 Å². The van der Waals surface area contributed by atoms with E-state index >= 15 is 0 Å². The van der Waals surface area contributed by atoms with Crippen molar-refractivity contribution < 1.29 is 4.43 Å². The molecule has 1 aromatic rings. The molecular weight excluding hydrogens is 248 g/mol. The number of hydrogen-bond acceptors (Lipinski definition) is 1. The molecule has 2 heteroatoms. The third kappa shape index (κ3) is 9.01. The molecule has 0 aliphatic heterocycles. The molecule has 19 heavy (non-hydrogen) atoms. The maximum Gasteiger partial charge on any atom is 0.173 e. The molecular formula is C17H30OSi. The second-order valence-electron chi connectivity index (χ2n) is 5.47.